The normalized spacial score (nSPS) is 26.5. The minimum Gasteiger partial charge on any atom is -0.615 e. The molecule has 146 valence electrons. The van der Waals surface area contributed by atoms with Crippen LogP contribution in [0.4, 0.5) is 4.39 Å². The molecular weight excluding hydrogens is 373 g/mol. The van der Waals surface area contributed by atoms with Crippen LogP contribution in [0.5, 0.6) is 5.88 Å². The molecule has 1 aliphatic heterocycles. The van der Waals surface area contributed by atoms with Crippen molar-refractivity contribution in [2.45, 2.75) is 43.8 Å². The number of amides is 2. The van der Waals surface area contributed by atoms with Crippen molar-refractivity contribution in [3.8, 4) is 5.88 Å². The van der Waals surface area contributed by atoms with Crippen LogP contribution in [-0.2, 0) is 21.6 Å². The number of alkyl halides is 1. The van der Waals surface area contributed by atoms with Crippen LogP contribution >= 0.6 is 0 Å². The van der Waals surface area contributed by atoms with Crippen LogP contribution in [0.25, 0.3) is 0 Å². The minimum absolute atomic E-state index is 0.0256. The Bertz CT molecular complexity index is 769. The van der Waals surface area contributed by atoms with Crippen molar-refractivity contribution in [2.75, 3.05) is 18.2 Å². The van der Waals surface area contributed by atoms with Gasteiger partial charge in [-0.1, -0.05) is 0 Å². The lowest BCUT2D eigenvalue weighted by Gasteiger charge is -2.35. The summed E-state index contributed by atoms with van der Waals surface area (Å²) in [4.78, 5) is 29.9. The lowest BCUT2D eigenvalue weighted by Crippen LogP contribution is -2.45. The molecule has 0 aromatic carbocycles. The van der Waals surface area contributed by atoms with E-state index in [4.69, 9.17) is 10.5 Å². The molecule has 9 heteroatoms. The highest BCUT2D eigenvalue weighted by molar-refractivity contribution is 7.91. The van der Waals surface area contributed by atoms with Crippen molar-refractivity contribution in [3.05, 3.63) is 23.4 Å². The zero-order valence-corrected chi connectivity index (χ0v) is 15.7. The molecule has 2 heterocycles. The van der Waals surface area contributed by atoms with E-state index in [1.807, 2.05) is 0 Å². The molecule has 2 atom stereocenters. The number of aromatic nitrogens is 1. The first-order chi connectivity index (χ1) is 12.9. The Hall–Kier alpha value is -1.87. The van der Waals surface area contributed by atoms with Gasteiger partial charge in [0.05, 0.1) is 12.2 Å². The zero-order chi connectivity index (χ0) is 19.2. The zero-order valence-electron chi connectivity index (χ0n) is 14.9. The first-order valence-electron chi connectivity index (χ1n) is 9.16. The monoisotopic (exact) mass is 395 g/mol. The van der Waals surface area contributed by atoms with E-state index in [-0.39, 0.29) is 23.2 Å². The fourth-order valence-corrected chi connectivity index (χ4v) is 4.80. The minimum atomic E-state index is -1.46. The van der Waals surface area contributed by atoms with E-state index in [1.54, 1.807) is 6.07 Å². The summed E-state index contributed by atoms with van der Waals surface area (Å²) >= 11 is -1.33. The Kier molecular flexibility index (Phi) is 4.75. The number of nitrogens with zero attached hydrogens (tertiary/aromatic N) is 2. The third-order valence-electron chi connectivity index (χ3n) is 5.45. The maximum Gasteiger partial charge on any atom is 0.277 e. The predicted octanol–water partition coefficient (Wildman–Crippen LogP) is 1.24. The van der Waals surface area contributed by atoms with Gasteiger partial charge in [0.1, 0.15) is 17.1 Å². The van der Waals surface area contributed by atoms with E-state index < -0.39 is 34.7 Å². The smallest absolute Gasteiger partial charge is 0.277 e. The Morgan fingerprint density at radius 1 is 1.41 bits per heavy atom. The summed E-state index contributed by atoms with van der Waals surface area (Å²) in [6.07, 6.45) is 3.79. The predicted molar refractivity (Wildman–Crippen MR) is 96.1 cm³/mol. The standard InChI is InChI=1S/C18H22FN3O4S/c19-18(6-1-7-18)12-4-5-13(21-16(12)26-8-11-2-3-11)17(24)22-10-27(25)9-14(22)15(20)23/h4-5,11,14H,1-3,6-10H2,(H2,20,23). The van der Waals surface area contributed by atoms with Gasteiger partial charge in [0.15, 0.2) is 11.9 Å². The van der Waals surface area contributed by atoms with Gasteiger partial charge in [-0.25, -0.2) is 9.37 Å². The molecule has 0 bridgehead atoms. The van der Waals surface area contributed by atoms with Gasteiger partial charge < -0.3 is 15.0 Å². The van der Waals surface area contributed by atoms with Crippen molar-refractivity contribution in [3.63, 3.8) is 0 Å². The van der Waals surface area contributed by atoms with E-state index in [2.05, 4.69) is 4.98 Å². The summed E-state index contributed by atoms with van der Waals surface area (Å²) in [6.45, 7) is 0.450. The maximum atomic E-state index is 15.0. The average Bonchev–Trinajstić information content (AvgIpc) is 3.36. The van der Waals surface area contributed by atoms with Crippen LogP contribution in [0, 0.1) is 5.92 Å². The highest BCUT2D eigenvalue weighted by atomic mass is 32.2. The molecule has 2 aliphatic carbocycles. The topological polar surface area (TPSA) is 109 Å². The number of primary amides is 1. The lowest BCUT2D eigenvalue weighted by molar-refractivity contribution is -0.121. The second-order valence-corrected chi connectivity index (χ2v) is 9.02. The second kappa shape index (κ2) is 6.94. The molecule has 7 nitrogen and oxygen atoms in total. The molecule has 2 unspecified atom stereocenters. The summed E-state index contributed by atoms with van der Waals surface area (Å²) < 4.78 is 32.5. The van der Waals surface area contributed by atoms with Crippen molar-refractivity contribution in [1.29, 1.82) is 0 Å². The molecule has 3 fully saturated rings. The molecule has 1 aromatic rings. The molecule has 0 radical (unpaired) electrons. The molecule has 4 rings (SSSR count). The van der Waals surface area contributed by atoms with E-state index in [1.165, 1.54) is 11.0 Å². The Morgan fingerprint density at radius 2 is 2.15 bits per heavy atom. The van der Waals surface area contributed by atoms with Gasteiger partial charge in [-0.15, -0.1) is 0 Å². The van der Waals surface area contributed by atoms with E-state index in [0.29, 0.717) is 30.9 Å². The number of ether oxygens (including phenoxy) is 1. The first-order valence-corrected chi connectivity index (χ1v) is 10.6. The molecule has 2 saturated carbocycles. The van der Waals surface area contributed by atoms with Gasteiger partial charge in [0.2, 0.25) is 11.8 Å². The fourth-order valence-electron chi connectivity index (χ4n) is 3.40. The highest BCUT2D eigenvalue weighted by Crippen LogP contribution is 2.48. The van der Waals surface area contributed by atoms with Crippen LogP contribution in [0.15, 0.2) is 12.1 Å². The summed E-state index contributed by atoms with van der Waals surface area (Å²) in [5.41, 5.74) is 4.29. The molecule has 1 saturated heterocycles. The van der Waals surface area contributed by atoms with Crippen LogP contribution in [-0.4, -0.2) is 50.5 Å². The third kappa shape index (κ3) is 3.62. The van der Waals surface area contributed by atoms with E-state index in [0.717, 1.165) is 19.3 Å². The van der Waals surface area contributed by atoms with E-state index in [9.17, 15) is 18.5 Å². The number of pyridine rings is 1. The van der Waals surface area contributed by atoms with Crippen molar-refractivity contribution in [1.82, 2.24) is 9.88 Å². The van der Waals surface area contributed by atoms with Crippen LogP contribution in [0.2, 0.25) is 0 Å². The van der Waals surface area contributed by atoms with Gasteiger partial charge >= 0.3 is 0 Å². The number of hydrogen-bond acceptors (Lipinski definition) is 5. The summed E-state index contributed by atoms with van der Waals surface area (Å²) in [5, 5.41) is 0. The SMILES string of the molecule is NC(=O)C1C[S+]([O-])CN1C(=O)c1ccc(C2(F)CCC2)c(OCC2CC2)n1. The Morgan fingerprint density at radius 3 is 2.74 bits per heavy atom. The van der Waals surface area contributed by atoms with Crippen molar-refractivity contribution < 1.29 is 23.3 Å². The molecule has 3 aliphatic rings. The average molecular weight is 395 g/mol. The van der Waals surface area contributed by atoms with Gasteiger partial charge in [-0.2, -0.15) is 0 Å². The van der Waals surface area contributed by atoms with Crippen LogP contribution in [0.1, 0.15) is 48.2 Å². The van der Waals surface area contributed by atoms with Gasteiger partial charge in [0, 0.05) is 0 Å². The lowest BCUT2D eigenvalue weighted by atomic mass is 9.77. The van der Waals surface area contributed by atoms with Gasteiger partial charge in [-0.3, -0.25) is 14.5 Å². The van der Waals surface area contributed by atoms with Gasteiger partial charge in [0.25, 0.3) is 5.91 Å². The van der Waals surface area contributed by atoms with Crippen LogP contribution in [0.3, 0.4) is 0 Å². The molecule has 27 heavy (non-hydrogen) atoms. The number of rotatable bonds is 6. The Balaban J connectivity index is 1.61. The summed E-state index contributed by atoms with van der Waals surface area (Å²) in [7, 11) is 0. The number of halogens is 1. The fraction of sp³-hybridized carbons (Fsp3) is 0.611. The molecule has 0 spiro atoms. The van der Waals surface area contributed by atoms with Gasteiger partial charge in [-0.05, 0) is 61.3 Å². The second-order valence-electron chi connectivity index (χ2n) is 7.55. The van der Waals surface area contributed by atoms with E-state index >= 15 is 0 Å². The quantitative estimate of drug-likeness (QED) is 0.729. The molecule has 2 amide bonds. The van der Waals surface area contributed by atoms with Crippen molar-refractivity contribution >= 4 is 23.0 Å². The Labute approximate surface area is 159 Å². The summed E-state index contributed by atoms with van der Waals surface area (Å²) in [6, 6.07) is 2.07. The molecule has 2 N–H and O–H groups in total. The highest BCUT2D eigenvalue weighted by Gasteiger charge is 2.44. The number of carbonyl (C=O) groups excluding carboxylic acids is 2. The molecule has 1 aromatic heterocycles. The largest absolute Gasteiger partial charge is 0.615 e. The van der Waals surface area contributed by atoms with Crippen molar-refractivity contribution in [2.24, 2.45) is 11.7 Å². The summed E-state index contributed by atoms with van der Waals surface area (Å²) in [5.74, 6) is -0.691. The number of nitrogens with two attached hydrogens (primary N) is 1. The maximum absolute atomic E-state index is 15.0. The first kappa shape index (κ1) is 18.5. The molecular formula is C18H22FN3O4S. The number of hydrogen-bond donors (Lipinski definition) is 1. The van der Waals surface area contributed by atoms with Crippen LogP contribution < -0.4 is 10.5 Å². The third-order valence-corrected chi connectivity index (χ3v) is 6.71. The number of carbonyl (C=O) groups is 2.